The van der Waals surface area contributed by atoms with E-state index in [2.05, 4.69) is 27.9 Å². The van der Waals surface area contributed by atoms with Crippen molar-refractivity contribution in [2.75, 3.05) is 19.9 Å². The number of aliphatic hydroxyl groups is 2. The first-order chi connectivity index (χ1) is 21.8. The van der Waals surface area contributed by atoms with E-state index >= 15 is 0 Å². The summed E-state index contributed by atoms with van der Waals surface area (Å²) in [5, 5.41) is 24.3. The molecule has 3 aromatic carbocycles. The molecule has 1 aliphatic carbocycles. The number of nitrogens with zero attached hydrogens (tertiary/aromatic N) is 1. The van der Waals surface area contributed by atoms with Gasteiger partial charge < -0.3 is 39.1 Å². The Bertz CT molecular complexity index is 1840. The molecular formula is C33H29IN2O9. The normalized spacial score (nSPS) is 18.7. The third kappa shape index (κ3) is 6.53. The SMILES string of the molecule is O=C(NCCO)C1=CC(Oc2ccccc2I)C(O)C(N(Cc2ccc3c(c2)OCO3)C(=O)c2cc3ccccc3oc2=O)C1. The summed E-state index contributed by atoms with van der Waals surface area (Å²) in [4.78, 5) is 42.1. The standard InChI is InChI=1S/C33H29IN2O9/c34-23-6-2-4-8-26(23)44-29-16-21(31(39)35-11-12-37)15-24(30(29)38)36(17-19-9-10-27-28(13-19)43-18-42-27)32(40)22-14-20-5-1-3-7-25(20)45-33(22)41/h1-10,13-14,16,24,29-30,37-38H,11-12,15,17-18H2,(H,35,39). The van der Waals surface area contributed by atoms with Crippen LogP contribution in [0.3, 0.4) is 0 Å². The van der Waals surface area contributed by atoms with Gasteiger partial charge in [-0.25, -0.2) is 4.79 Å². The van der Waals surface area contributed by atoms with E-state index < -0.39 is 35.7 Å². The van der Waals surface area contributed by atoms with E-state index in [9.17, 15) is 24.6 Å². The predicted octanol–water partition coefficient (Wildman–Crippen LogP) is 3.38. The molecule has 0 bridgehead atoms. The van der Waals surface area contributed by atoms with Crippen LogP contribution in [0, 0.1) is 3.57 Å². The summed E-state index contributed by atoms with van der Waals surface area (Å²) in [7, 11) is 0. The minimum Gasteiger partial charge on any atom is -0.482 e. The lowest BCUT2D eigenvalue weighted by Crippen LogP contribution is -2.55. The fourth-order valence-electron chi connectivity index (χ4n) is 5.41. The van der Waals surface area contributed by atoms with Crippen LogP contribution in [0.2, 0.25) is 0 Å². The molecular weight excluding hydrogens is 695 g/mol. The van der Waals surface area contributed by atoms with E-state index in [1.54, 1.807) is 54.6 Å². The molecule has 4 aromatic rings. The van der Waals surface area contributed by atoms with Crippen LogP contribution in [0.15, 0.2) is 93.7 Å². The number of benzene rings is 3. The Balaban J connectivity index is 1.42. The van der Waals surface area contributed by atoms with Gasteiger partial charge in [0.05, 0.1) is 16.2 Å². The molecule has 0 saturated carbocycles. The van der Waals surface area contributed by atoms with Gasteiger partial charge >= 0.3 is 5.63 Å². The number of nitrogens with one attached hydrogen (secondary N) is 1. The molecule has 0 radical (unpaired) electrons. The number of hydrogen-bond acceptors (Lipinski definition) is 9. The number of halogens is 1. The summed E-state index contributed by atoms with van der Waals surface area (Å²) in [6.07, 6.45) is -0.861. The Morgan fingerprint density at radius 1 is 1.02 bits per heavy atom. The van der Waals surface area contributed by atoms with Gasteiger partial charge in [0.1, 0.15) is 29.1 Å². The van der Waals surface area contributed by atoms with Crippen LogP contribution in [0.4, 0.5) is 0 Å². The van der Waals surface area contributed by atoms with Gasteiger partial charge in [0, 0.05) is 30.5 Å². The van der Waals surface area contributed by atoms with E-state index in [1.807, 2.05) is 12.1 Å². The maximum atomic E-state index is 14.4. The molecule has 3 N–H and O–H groups in total. The van der Waals surface area contributed by atoms with Crippen molar-refractivity contribution in [2.24, 2.45) is 0 Å². The molecule has 0 spiro atoms. The van der Waals surface area contributed by atoms with Gasteiger partial charge in [0.25, 0.3) is 5.91 Å². The highest BCUT2D eigenvalue weighted by Crippen LogP contribution is 2.35. The van der Waals surface area contributed by atoms with Gasteiger partial charge in [0.15, 0.2) is 11.5 Å². The third-order valence-corrected chi connectivity index (χ3v) is 8.53. The minimum absolute atomic E-state index is 0.0173. The zero-order valence-electron chi connectivity index (χ0n) is 23.9. The second kappa shape index (κ2) is 13.3. The lowest BCUT2D eigenvalue weighted by Gasteiger charge is -2.40. The Hall–Kier alpha value is -4.40. The molecule has 232 valence electrons. The number of carbonyl (C=O) groups is 2. The van der Waals surface area contributed by atoms with Gasteiger partial charge in [0.2, 0.25) is 12.7 Å². The van der Waals surface area contributed by atoms with Gasteiger partial charge in [-0.2, -0.15) is 0 Å². The Labute approximate surface area is 271 Å². The predicted molar refractivity (Wildman–Crippen MR) is 171 cm³/mol. The number of hydrogen-bond donors (Lipinski definition) is 3. The second-order valence-electron chi connectivity index (χ2n) is 10.6. The first-order valence-electron chi connectivity index (χ1n) is 14.2. The minimum atomic E-state index is -1.30. The van der Waals surface area contributed by atoms with Gasteiger partial charge in [-0.3, -0.25) is 9.59 Å². The molecule has 11 nitrogen and oxygen atoms in total. The molecule has 45 heavy (non-hydrogen) atoms. The lowest BCUT2D eigenvalue weighted by atomic mass is 9.87. The highest BCUT2D eigenvalue weighted by Gasteiger charge is 2.41. The van der Waals surface area contributed by atoms with E-state index in [0.29, 0.717) is 33.8 Å². The topological polar surface area (TPSA) is 148 Å². The third-order valence-electron chi connectivity index (χ3n) is 7.64. The lowest BCUT2D eigenvalue weighted by molar-refractivity contribution is -0.118. The smallest absolute Gasteiger partial charge is 0.349 e. The number of fused-ring (bicyclic) bond motifs is 2. The summed E-state index contributed by atoms with van der Waals surface area (Å²) in [6, 6.07) is 19.7. The van der Waals surface area contributed by atoms with Crippen molar-refractivity contribution in [1.29, 1.82) is 0 Å². The number of amides is 2. The number of carbonyl (C=O) groups excluding carboxylic acids is 2. The van der Waals surface area contributed by atoms with Crippen molar-refractivity contribution < 1.29 is 38.4 Å². The van der Waals surface area contributed by atoms with Crippen LogP contribution in [0.25, 0.3) is 11.0 Å². The summed E-state index contributed by atoms with van der Waals surface area (Å²) < 4.78 is 23.5. The van der Waals surface area contributed by atoms with Crippen LogP contribution in [-0.2, 0) is 11.3 Å². The number of para-hydroxylation sites is 2. The molecule has 2 aliphatic rings. The molecule has 1 aromatic heterocycles. The highest BCUT2D eigenvalue weighted by atomic mass is 127. The Kier molecular flexibility index (Phi) is 9.05. The molecule has 3 atom stereocenters. The molecule has 6 rings (SSSR count). The molecule has 3 unspecified atom stereocenters. The summed E-state index contributed by atoms with van der Waals surface area (Å²) in [5.41, 5.74) is 0.167. The molecule has 2 amide bonds. The van der Waals surface area contributed by atoms with Gasteiger partial charge in [-0.15, -0.1) is 0 Å². The van der Waals surface area contributed by atoms with Crippen LogP contribution >= 0.6 is 22.6 Å². The van der Waals surface area contributed by atoms with E-state index in [0.717, 1.165) is 3.57 Å². The van der Waals surface area contributed by atoms with Crippen LogP contribution < -0.4 is 25.2 Å². The molecule has 12 heteroatoms. The maximum Gasteiger partial charge on any atom is 0.349 e. The van der Waals surface area contributed by atoms with E-state index in [1.165, 1.54) is 17.0 Å². The summed E-state index contributed by atoms with van der Waals surface area (Å²) in [6.45, 7) is -0.233. The van der Waals surface area contributed by atoms with Gasteiger partial charge in [-0.1, -0.05) is 36.4 Å². The van der Waals surface area contributed by atoms with Crippen molar-refractivity contribution in [2.45, 2.75) is 31.2 Å². The quantitative estimate of drug-likeness (QED) is 0.175. The van der Waals surface area contributed by atoms with Crippen molar-refractivity contribution in [3.8, 4) is 17.2 Å². The van der Waals surface area contributed by atoms with Crippen molar-refractivity contribution in [3.63, 3.8) is 0 Å². The van der Waals surface area contributed by atoms with Crippen molar-refractivity contribution in [3.05, 3.63) is 110 Å². The molecule has 0 fully saturated rings. The van der Waals surface area contributed by atoms with Crippen molar-refractivity contribution in [1.82, 2.24) is 10.2 Å². The molecule has 0 saturated heterocycles. The monoisotopic (exact) mass is 724 g/mol. The average molecular weight is 725 g/mol. The number of rotatable bonds is 9. The molecule has 2 heterocycles. The van der Waals surface area contributed by atoms with E-state index in [4.69, 9.17) is 18.6 Å². The first kappa shape index (κ1) is 30.6. The first-order valence-corrected chi connectivity index (χ1v) is 15.3. The Morgan fingerprint density at radius 3 is 2.62 bits per heavy atom. The van der Waals surface area contributed by atoms with Gasteiger partial charge in [-0.05, 0) is 70.6 Å². The summed E-state index contributed by atoms with van der Waals surface area (Å²) in [5.74, 6) is 0.372. The van der Waals surface area contributed by atoms with Crippen molar-refractivity contribution >= 4 is 45.4 Å². The summed E-state index contributed by atoms with van der Waals surface area (Å²) >= 11 is 2.11. The fourth-order valence-corrected chi connectivity index (χ4v) is 5.92. The van der Waals surface area contributed by atoms with Crippen LogP contribution in [0.5, 0.6) is 17.2 Å². The zero-order valence-corrected chi connectivity index (χ0v) is 26.0. The van der Waals surface area contributed by atoms with E-state index in [-0.39, 0.29) is 44.0 Å². The molecule has 1 aliphatic heterocycles. The Morgan fingerprint density at radius 2 is 1.80 bits per heavy atom. The maximum absolute atomic E-state index is 14.4. The van der Waals surface area contributed by atoms with Crippen LogP contribution in [-0.4, -0.2) is 65.1 Å². The number of ether oxygens (including phenoxy) is 3. The largest absolute Gasteiger partial charge is 0.482 e. The number of aliphatic hydroxyl groups excluding tert-OH is 2. The highest BCUT2D eigenvalue weighted by molar-refractivity contribution is 14.1. The second-order valence-corrected chi connectivity index (χ2v) is 11.7. The van der Waals surface area contributed by atoms with Crippen LogP contribution in [0.1, 0.15) is 22.3 Å². The fraction of sp³-hybridized carbons (Fsp3) is 0.242. The zero-order chi connectivity index (χ0) is 31.5. The average Bonchev–Trinajstić information content (AvgIpc) is 3.52.